The molecule has 0 unspecified atom stereocenters. The molecule has 0 saturated heterocycles. The van der Waals surface area contributed by atoms with Crippen LogP contribution in [0.3, 0.4) is 0 Å². The standard InChI is InChI=1S/C17H24N2O4.C16H22N2O4/c1-2-3-4-5-6-10-13-22-16(20)18-19-17(21)23-14-15-11-8-7-9-12-15;1-2-3-4-5-9-12-21-15(19)17-18-16(20)22-13-14-10-7-6-8-11-14/h7-9,11-12H,2-6,10,13-14H2,1H3;6-8,10-11H,2-5,9,12-13H2,1H3. The van der Waals surface area contributed by atoms with Crippen molar-refractivity contribution in [3.63, 3.8) is 0 Å². The van der Waals surface area contributed by atoms with Crippen LogP contribution >= 0.6 is 0 Å². The summed E-state index contributed by atoms with van der Waals surface area (Å²) in [5, 5.41) is 12.7. The third kappa shape index (κ3) is 23.6. The molecule has 12 nitrogen and oxygen atoms in total. The molecule has 2 rings (SSSR count). The predicted octanol–water partition coefficient (Wildman–Crippen LogP) is 10.2. The van der Waals surface area contributed by atoms with Gasteiger partial charge in [-0.15, -0.1) is 0 Å². The van der Waals surface area contributed by atoms with Crippen molar-refractivity contribution >= 4 is 24.4 Å². The lowest BCUT2D eigenvalue weighted by Gasteiger charge is -2.01. The van der Waals surface area contributed by atoms with E-state index in [0.29, 0.717) is 13.2 Å². The summed E-state index contributed by atoms with van der Waals surface area (Å²) in [5.41, 5.74) is 1.67. The summed E-state index contributed by atoms with van der Waals surface area (Å²) in [4.78, 5) is 45.1. The van der Waals surface area contributed by atoms with Gasteiger partial charge in [0.1, 0.15) is 13.2 Å². The van der Waals surface area contributed by atoms with Crippen molar-refractivity contribution in [3.05, 3.63) is 71.8 Å². The summed E-state index contributed by atoms with van der Waals surface area (Å²) in [6.07, 6.45) is 8.31. The average molecular weight is 627 g/mol. The first-order valence-corrected chi connectivity index (χ1v) is 15.5. The normalized spacial score (nSPS) is 10.6. The topological polar surface area (TPSA) is 155 Å². The third-order valence-electron chi connectivity index (χ3n) is 6.03. The fourth-order valence-electron chi connectivity index (χ4n) is 3.62. The minimum absolute atomic E-state index is 0.0885. The van der Waals surface area contributed by atoms with Gasteiger partial charge in [-0.25, -0.2) is 19.2 Å². The number of amides is 4. The Balaban J connectivity index is 0.000000450. The lowest BCUT2D eigenvalue weighted by Crippen LogP contribution is -2.03. The molecule has 0 aliphatic carbocycles. The van der Waals surface area contributed by atoms with E-state index in [2.05, 4.69) is 34.3 Å². The van der Waals surface area contributed by atoms with Crippen LogP contribution in [0, 0.1) is 0 Å². The van der Waals surface area contributed by atoms with Crippen LogP contribution < -0.4 is 0 Å². The lowest BCUT2D eigenvalue weighted by atomic mass is 10.1. The van der Waals surface area contributed by atoms with Crippen molar-refractivity contribution in [3.8, 4) is 0 Å². The Bertz CT molecular complexity index is 1140. The minimum Gasteiger partial charge on any atom is -0.447 e. The molecule has 0 saturated carbocycles. The van der Waals surface area contributed by atoms with E-state index in [4.69, 9.17) is 18.9 Å². The van der Waals surface area contributed by atoms with E-state index in [0.717, 1.165) is 49.7 Å². The Kier molecular flexibility index (Phi) is 23.2. The Morgan fingerprint density at radius 1 is 0.444 bits per heavy atom. The van der Waals surface area contributed by atoms with Crippen molar-refractivity contribution in [1.82, 2.24) is 0 Å². The van der Waals surface area contributed by atoms with Gasteiger partial charge >= 0.3 is 24.4 Å². The number of ether oxygens (including phenoxy) is 4. The van der Waals surface area contributed by atoms with Crippen molar-refractivity contribution in [2.45, 2.75) is 97.7 Å². The van der Waals surface area contributed by atoms with E-state index in [1.54, 1.807) is 0 Å². The maximum absolute atomic E-state index is 11.3. The van der Waals surface area contributed by atoms with E-state index in [1.165, 1.54) is 32.1 Å². The molecule has 0 atom stereocenters. The third-order valence-corrected chi connectivity index (χ3v) is 6.03. The molecule has 0 spiro atoms. The van der Waals surface area contributed by atoms with E-state index >= 15 is 0 Å². The zero-order valence-corrected chi connectivity index (χ0v) is 26.4. The van der Waals surface area contributed by atoms with Crippen LogP contribution in [-0.2, 0) is 32.2 Å². The number of benzene rings is 2. The van der Waals surface area contributed by atoms with Gasteiger partial charge in [-0.1, -0.05) is 153 Å². The second kappa shape index (κ2) is 27.1. The summed E-state index contributed by atoms with van der Waals surface area (Å²) < 4.78 is 19.4. The molecule has 0 aliphatic rings. The fourth-order valence-corrected chi connectivity index (χ4v) is 3.62. The number of nitrogens with zero attached hydrogens (tertiary/aromatic N) is 4. The number of carbonyl (C=O) groups is 4. The van der Waals surface area contributed by atoms with Crippen LogP contribution in [0.1, 0.15) is 95.6 Å². The molecule has 0 N–H and O–H groups in total. The zero-order valence-electron chi connectivity index (χ0n) is 26.4. The number of rotatable bonds is 17. The number of unbranched alkanes of at least 4 members (excludes halogenated alkanes) is 9. The fraction of sp³-hybridized carbons (Fsp3) is 0.515. The second-order valence-electron chi connectivity index (χ2n) is 9.89. The molecule has 2 aromatic rings. The molecule has 0 heterocycles. The molecule has 246 valence electrons. The summed E-state index contributed by atoms with van der Waals surface area (Å²) in [6, 6.07) is 18.3. The largest absolute Gasteiger partial charge is 0.452 e. The van der Waals surface area contributed by atoms with Gasteiger partial charge in [0.25, 0.3) is 0 Å². The van der Waals surface area contributed by atoms with Gasteiger partial charge in [0, 0.05) is 0 Å². The van der Waals surface area contributed by atoms with Gasteiger partial charge in [0.15, 0.2) is 0 Å². The first-order chi connectivity index (χ1) is 21.9. The van der Waals surface area contributed by atoms with Crippen LogP contribution in [0.2, 0.25) is 0 Å². The molecule has 45 heavy (non-hydrogen) atoms. The van der Waals surface area contributed by atoms with Gasteiger partial charge in [0.2, 0.25) is 0 Å². The molecule has 0 fully saturated rings. The first kappa shape index (κ1) is 38.5. The highest BCUT2D eigenvalue weighted by atomic mass is 16.6. The molecule has 4 amide bonds. The van der Waals surface area contributed by atoms with E-state index in [9.17, 15) is 19.2 Å². The Morgan fingerprint density at radius 3 is 1.11 bits per heavy atom. The summed E-state index contributed by atoms with van der Waals surface area (Å²) >= 11 is 0. The van der Waals surface area contributed by atoms with Crippen molar-refractivity contribution in [2.24, 2.45) is 20.5 Å². The monoisotopic (exact) mass is 626 g/mol. The quantitative estimate of drug-likeness (QED) is 0.0954. The minimum atomic E-state index is -0.913. The molecule has 0 aromatic heterocycles. The Labute approximate surface area is 265 Å². The van der Waals surface area contributed by atoms with Gasteiger partial charge in [-0.2, -0.15) is 0 Å². The summed E-state index contributed by atoms with van der Waals surface area (Å²) in [6.45, 7) is 5.06. The average Bonchev–Trinajstić information content (AvgIpc) is 3.07. The second-order valence-corrected chi connectivity index (χ2v) is 9.89. The van der Waals surface area contributed by atoms with Gasteiger partial charge in [-0.3, -0.25) is 0 Å². The molecular weight excluding hydrogens is 580 g/mol. The van der Waals surface area contributed by atoms with E-state index < -0.39 is 24.4 Å². The molecule has 12 heteroatoms. The predicted molar refractivity (Wildman–Crippen MR) is 168 cm³/mol. The van der Waals surface area contributed by atoms with Crippen molar-refractivity contribution < 1.29 is 38.1 Å². The maximum Gasteiger partial charge on any atom is 0.452 e. The van der Waals surface area contributed by atoms with Crippen molar-refractivity contribution in [2.75, 3.05) is 13.2 Å². The number of hydrogen-bond acceptors (Lipinski definition) is 8. The highest BCUT2D eigenvalue weighted by molar-refractivity contribution is 5.73. The van der Waals surface area contributed by atoms with Crippen LogP contribution in [0.15, 0.2) is 81.1 Å². The molecule has 0 aliphatic heterocycles. The van der Waals surface area contributed by atoms with Crippen LogP contribution in [0.5, 0.6) is 0 Å². The lowest BCUT2D eigenvalue weighted by molar-refractivity contribution is 0.141. The van der Waals surface area contributed by atoms with Crippen LogP contribution in [0.25, 0.3) is 0 Å². The Morgan fingerprint density at radius 2 is 0.756 bits per heavy atom. The van der Waals surface area contributed by atoms with Crippen molar-refractivity contribution in [1.29, 1.82) is 0 Å². The zero-order chi connectivity index (χ0) is 32.8. The number of hydrogen-bond donors (Lipinski definition) is 0. The van der Waals surface area contributed by atoms with Gasteiger partial charge in [-0.05, 0) is 24.0 Å². The van der Waals surface area contributed by atoms with Crippen LogP contribution in [0.4, 0.5) is 19.2 Å². The van der Waals surface area contributed by atoms with Gasteiger partial charge < -0.3 is 18.9 Å². The smallest absolute Gasteiger partial charge is 0.447 e. The number of carbonyl (C=O) groups excluding carboxylic acids is 4. The van der Waals surface area contributed by atoms with E-state index in [-0.39, 0.29) is 13.2 Å². The molecule has 0 radical (unpaired) electrons. The van der Waals surface area contributed by atoms with Crippen LogP contribution in [-0.4, -0.2) is 37.6 Å². The highest BCUT2D eigenvalue weighted by Gasteiger charge is 2.06. The molecule has 2 aromatic carbocycles. The SMILES string of the molecule is CCCCCCCCOC(=O)N=NC(=O)OCc1ccccc1.CCCCCCCOC(=O)N=NC(=O)OCc1ccccc1. The Hall–Kier alpha value is -4.48. The number of azo groups is 2. The highest BCUT2D eigenvalue weighted by Crippen LogP contribution is 2.06. The first-order valence-electron chi connectivity index (χ1n) is 15.5. The molecule has 0 bridgehead atoms. The molecular formula is C33H46N4O8. The van der Waals surface area contributed by atoms with Gasteiger partial charge in [0.05, 0.1) is 13.2 Å². The summed E-state index contributed by atoms with van der Waals surface area (Å²) in [5.74, 6) is 0. The summed E-state index contributed by atoms with van der Waals surface area (Å²) in [7, 11) is 0. The maximum atomic E-state index is 11.3. The van der Waals surface area contributed by atoms with E-state index in [1.807, 2.05) is 60.7 Å².